The SMILES string of the molecule is CN1C(=O)C(C(C)(C)C)C(C(C)(C)C2NC(=O)NC2=O)C1=O. The molecule has 122 valence electrons. The fourth-order valence-corrected chi connectivity index (χ4v) is 3.55. The van der Waals surface area contributed by atoms with E-state index in [0.717, 1.165) is 4.90 Å². The molecule has 0 aromatic carbocycles. The van der Waals surface area contributed by atoms with Gasteiger partial charge in [-0.1, -0.05) is 34.6 Å². The lowest BCUT2D eigenvalue weighted by Gasteiger charge is -2.40. The van der Waals surface area contributed by atoms with E-state index in [9.17, 15) is 19.2 Å². The van der Waals surface area contributed by atoms with Crippen LogP contribution >= 0.6 is 0 Å². The first-order valence-corrected chi connectivity index (χ1v) is 7.31. The van der Waals surface area contributed by atoms with E-state index < -0.39 is 40.6 Å². The Hall–Kier alpha value is -1.92. The van der Waals surface area contributed by atoms with Crippen LogP contribution in [0.5, 0.6) is 0 Å². The van der Waals surface area contributed by atoms with Crippen molar-refractivity contribution in [1.29, 1.82) is 0 Å². The summed E-state index contributed by atoms with van der Waals surface area (Å²) in [4.78, 5) is 49.7. The van der Waals surface area contributed by atoms with Crippen LogP contribution in [0, 0.1) is 22.7 Å². The molecule has 2 rings (SSSR count). The van der Waals surface area contributed by atoms with Crippen LogP contribution < -0.4 is 10.6 Å². The van der Waals surface area contributed by atoms with Crippen LogP contribution in [0.3, 0.4) is 0 Å². The van der Waals surface area contributed by atoms with E-state index in [1.54, 1.807) is 13.8 Å². The molecular weight excluding hydrogens is 286 g/mol. The number of hydrogen-bond acceptors (Lipinski definition) is 4. The first kappa shape index (κ1) is 16.5. The number of likely N-dealkylation sites (tertiary alicyclic amines) is 1. The Balaban J connectivity index is 2.47. The van der Waals surface area contributed by atoms with Gasteiger partial charge in [0, 0.05) is 12.5 Å². The van der Waals surface area contributed by atoms with Crippen LogP contribution in [0.25, 0.3) is 0 Å². The van der Waals surface area contributed by atoms with Crippen molar-refractivity contribution in [2.45, 2.75) is 40.7 Å². The van der Waals surface area contributed by atoms with E-state index in [-0.39, 0.29) is 11.8 Å². The van der Waals surface area contributed by atoms with Gasteiger partial charge in [-0.15, -0.1) is 0 Å². The van der Waals surface area contributed by atoms with Crippen molar-refractivity contribution in [3.63, 3.8) is 0 Å². The predicted molar refractivity (Wildman–Crippen MR) is 78.5 cm³/mol. The number of hydrogen-bond donors (Lipinski definition) is 2. The Morgan fingerprint density at radius 3 is 1.82 bits per heavy atom. The van der Waals surface area contributed by atoms with Crippen LogP contribution in [0.1, 0.15) is 34.6 Å². The summed E-state index contributed by atoms with van der Waals surface area (Å²) >= 11 is 0. The molecule has 0 aromatic rings. The lowest BCUT2D eigenvalue weighted by atomic mass is 9.62. The van der Waals surface area contributed by atoms with Gasteiger partial charge in [-0.3, -0.25) is 24.6 Å². The van der Waals surface area contributed by atoms with Crippen molar-refractivity contribution in [2.24, 2.45) is 22.7 Å². The highest BCUT2D eigenvalue weighted by molar-refractivity contribution is 6.08. The van der Waals surface area contributed by atoms with Crippen LogP contribution in [0.15, 0.2) is 0 Å². The number of imide groups is 2. The summed E-state index contributed by atoms with van der Waals surface area (Å²) in [6.07, 6.45) is 0. The molecule has 3 unspecified atom stereocenters. The van der Waals surface area contributed by atoms with Gasteiger partial charge in [-0.2, -0.15) is 0 Å². The first-order valence-electron chi connectivity index (χ1n) is 7.31. The standard InChI is InChI=1S/C15H23N3O4/c1-14(2,3)7-8(12(21)18(6)11(7)20)15(4,5)9-10(19)17-13(22)16-9/h7-9H,1-6H3,(H2,16,17,19,22). The van der Waals surface area contributed by atoms with Gasteiger partial charge >= 0.3 is 6.03 Å². The summed E-state index contributed by atoms with van der Waals surface area (Å²) in [6.45, 7) is 9.20. The predicted octanol–water partition coefficient (Wildman–Crippen LogP) is 0.498. The molecule has 0 saturated carbocycles. The van der Waals surface area contributed by atoms with Crippen molar-refractivity contribution in [3.05, 3.63) is 0 Å². The van der Waals surface area contributed by atoms with Gasteiger partial charge < -0.3 is 5.32 Å². The highest BCUT2D eigenvalue weighted by Crippen LogP contribution is 2.48. The first-order chi connectivity index (χ1) is 9.89. The molecule has 3 atom stereocenters. The lowest BCUT2D eigenvalue weighted by molar-refractivity contribution is -0.139. The third-order valence-corrected chi connectivity index (χ3v) is 4.78. The van der Waals surface area contributed by atoms with Crippen LogP contribution in [0.4, 0.5) is 4.79 Å². The Morgan fingerprint density at radius 1 is 0.909 bits per heavy atom. The molecule has 22 heavy (non-hydrogen) atoms. The molecule has 2 aliphatic rings. The zero-order valence-electron chi connectivity index (χ0n) is 13.8. The average Bonchev–Trinajstić information content (AvgIpc) is 2.81. The fourth-order valence-electron chi connectivity index (χ4n) is 3.55. The van der Waals surface area contributed by atoms with E-state index >= 15 is 0 Å². The van der Waals surface area contributed by atoms with Crippen LogP contribution in [-0.2, 0) is 14.4 Å². The number of carbonyl (C=O) groups is 4. The van der Waals surface area contributed by atoms with Gasteiger partial charge in [0.1, 0.15) is 6.04 Å². The lowest BCUT2D eigenvalue weighted by Crippen LogP contribution is -2.52. The maximum absolute atomic E-state index is 12.6. The van der Waals surface area contributed by atoms with Crippen molar-refractivity contribution in [3.8, 4) is 0 Å². The zero-order chi connectivity index (χ0) is 17.0. The molecule has 5 amide bonds. The smallest absolute Gasteiger partial charge is 0.322 e. The Kier molecular flexibility index (Phi) is 3.58. The second-order valence-electron chi connectivity index (χ2n) is 7.77. The number of amides is 5. The normalized spacial score (nSPS) is 29.9. The van der Waals surface area contributed by atoms with E-state index in [1.165, 1.54) is 7.05 Å². The largest absolute Gasteiger partial charge is 0.325 e. The molecule has 0 bridgehead atoms. The van der Waals surface area contributed by atoms with E-state index in [4.69, 9.17) is 0 Å². The maximum atomic E-state index is 12.6. The average molecular weight is 309 g/mol. The topological polar surface area (TPSA) is 95.6 Å². The Bertz CT molecular complexity index is 562. The minimum Gasteiger partial charge on any atom is -0.325 e. The maximum Gasteiger partial charge on any atom is 0.322 e. The Morgan fingerprint density at radius 2 is 1.41 bits per heavy atom. The van der Waals surface area contributed by atoms with E-state index in [1.807, 2.05) is 20.8 Å². The molecule has 2 fully saturated rings. The monoisotopic (exact) mass is 309 g/mol. The van der Waals surface area contributed by atoms with Crippen LogP contribution in [-0.4, -0.2) is 41.7 Å². The van der Waals surface area contributed by atoms with Crippen molar-refractivity contribution in [2.75, 3.05) is 7.05 Å². The fraction of sp³-hybridized carbons (Fsp3) is 0.733. The number of nitrogens with zero attached hydrogens (tertiary/aromatic N) is 1. The molecule has 7 heteroatoms. The minimum atomic E-state index is -0.883. The summed E-state index contributed by atoms with van der Waals surface area (Å²) in [5.74, 6) is -2.20. The van der Waals surface area contributed by atoms with Crippen molar-refractivity contribution < 1.29 is 19.2 Å². The molecule has 0 spiro atoms. The molecule has 2 aliphatic heterocycles. The summed E-state index contributed by atoms with van der Waals surface area (Å²) in [7, 11) is 1.47. The third kappa shape index (κ3) is 2.28. The second-order valence-corrected chi connectivity index (χ2v) is 7.77. The molecule has 2 N–H and O–H groups in total. The number of nitrogens with one attached hydrogen (secondary N) is 2. The molecule has 0 aliphatic carbocycles. The van der Waals surface area contributed by atoms with Crippen molar-refractivity contribution >= 4 is 23.8 Å². The summed E-state index contributed by atoms with van der Waals surface area (Å²) < 4.78 is 0. The highest BCUT2D eigenvalue weighted by atomic mass is 16.2. The highest BCUT2D eigenvalue weighted by Gasteiger charge is 2.60. The quantitative estimate of drug-likeness (QED) is 0.573. The van der Waals surface area contributed by atoms with Crippen molar-refractivity contribution in [1.82, 2.24) is 15.5 Å². The van der Waals surface area contributed by atoms with E-state index in [2.05, 4.69) is 10.6 Å². The van der Waals surface area contributed by atoms with Gasteiger partial charge in [-0.25, -0.2) is 4.79 Å². The van der Waals surface area contributed by atoms with Gasteiger partial charge in [0.05, 0.1) is 11.8 Å². The zero-order valence-corrected chi connectivity index (χ0v) is 13.8. The molecule has 7 nitrogen and oxygen atoms in total. The van der Waals surface area contributed by atoms with E-state index in [0.29, 0.717) is 0 Å². The number of urea groups is 1. The summed E-state index contributed by atoms with van der Waals surface area (Å²) in [6, 6.07) is -1.40. The minimum absolute atomic E-state index is 0.236. The van der Waals surface area contributed by atoms with Gasteiger partial charge in [0.2, 0.25) is 11.8 Å². The number of rotatable bonds is 2. The number of carbonyl (C=O) groups excluding carboxylic acids is 4. The van der Waals surface area contributed by atoms with Gasteiger partial charge in [0.15, 0.2) is 0 Å². The Labute approximate surface area is 129 Å². The van der Waals surface area contributed by atoms with Gasteiger partial charge in [-0.05, 0) is 5.41 Å². The second kappa shape index (κ2) is 4.79. The van der Waals surface area contributed by atoms with Crippen LogP contribution in [0.2, 0.25) is 0 Å². The molecule has 2 saturated heterocycles. The third-order valence-electron chi connectivity index (χ3n) is 4.78. The summed E-state index contributed by atoms with van der Waals surface area (Å²) in [5, 5.41) is 4.75. The molecule has 0 aromatic heterocycles. The molecule has 0 radical (unpaired) electrons. The molecular formula is C15H23N3O4. The molecule has 2 heterocycles. The van der Waals surface area contributed by atoms with Gasteiger partial charge in [0.25, 0.3) is 5.91 Å². The summed E-state index contributed by atoms with van der Waals surface area (Å²) in [5.41, 5.74) is -1.32.